The van der Waals surface area contributed by atoms with Crippen molar-refractivity contribution < 1.29 is 36.0 Å². The Hall–Kier alpha value is -1.59. The molecule has 0 radical (unpaired) electrons. The molecule has 0 fully saturated rings. The summed E-state index contributed by atoms with van der Waals surface area (Å²) in [6.45, 7) is 0. The van der Waals surface area contributed by atoms with Gasteiger partial charge in [0.25, 0.3) is 4.60 Å². The van der Waals surface area contributed by atoms with Gasteiger partial charge in [0.2, 0.25) is 0 Å². The predicted molar refractivity (Wildman–Crippen MR) is 50.3 cm³/mol. The first-order valence-electron chi connectivity index (χ1n) is 4.09. The van der Waals surface area contributed by atoms with Gasteiger partial charge in [-0.3, -0.25) is 0 Å². The molecule has 0 amide bonds. The van der Waals surface area contributed by atoms with E-state index in [2.05, 4.69) is 25.7 Å². The highest BCUT2D eigenvalue weighted by Gasteiger charge is 2.42. The maximum Gasteiger partial charge on any atom is 0.573 e. The van der Waals surface area contributed by atoms with Crippen LogP contribution in [-0.2, 0) is 6.18 Å². The van der Waals surface area contributed by atoms with Crippen molar-refractivity contribution in [3.05, 3.63) is 26.3 Å². The fourth-order valence-electron chi connectivity index (χ4n) is 1.01. The summed E-state index contributed by atoms with van der Waals surface area (Å²) in [7, 11) is 0. The minimum Gasteiger partial charge on any atom is -0.400 e. The highest BCUT2D eigenvalue weighted by atomic mass is 79.9. The van der Waals surface area contributed by atoms with Crippen LogP contribution >= 0.6 is 15.9 Å². The third-order valence-electron chi connectivity index (χ3n) is 1.63. The highest BCUT2D eigenvalue weighted by Crippen LogP contribution is 2.40. The maximum atomic E-state index is 12.5. The number of halogens is 7. The average molecular weight is 355 g/mol. The van der Waals surface area contributed by atoms with Gasteiger partial charge in [-0.15, -0.1) is 13.2 Å². The average Bonchev–Trinajstić information content (AvgIpc) is 2.16. The lowest BCUT2D eigenvalue weighted by molar-refractivity contribution is -0.393. The number of rotatable bonds is 2. The molecule has 0 aliphatic carbocycles. The van der Waals surface area contributed by atoms with Gasteiger partial charge in [-0.2, -0.15) is 13.2 Å². The number of hydrogen-bond acceptors (Lipinski definition) is 4. The summed E-state index contributed by atoms with van der Waals surface area (Å²) < 4.78 is 75.5. The van der Waals surface area contributed by atoms with Gasteiger partial charge in [0.1, 0.15) is 0 Å². The SMILES string of the molecule is O=[N+]([O-])c1nc(Br)c(OC(F)(F)F)cc1C(F)(F)F. The molecule has 1 heterocycles. The normalized spacial score (nSPS) is 12.4. The molecule has 0 unspecified atom stereocenters. The first-order chi connectivity index (χ1) is 8.42. The van der Waals surface area contributed by atoms with Crippen LogP contribution in [0.25, 0.3) is 0 Å². The van der Waals surface area contributed by atoms with E-state index in [1.54, 1.807) is 0 Å². The Kier molecular flexibility index (Phi) is 3.93. The lowest BCUT2D eigenvalue weighted by Gasteiger charge is -2.11. The third-order valence-corrected chi connectivity index (χ3v) is 2.20. The van der Waals surface area contributed by atoms with Gasteiger partial charge in [0, 0.05) is 22.0 Å². The minimum absolute atomic E-state index is 0.150. The van der Waals surface area contributed by atoms with Crippen molar-refractivity contribution in [1.29, 1.82) is 0 Å². The topological polar surface area (TPSA) is 65.3 Å². The molecule has 12 heteroatoms. The molecule has 1 aromatic heterocycles. The second-order valence-corrected chi connectivity index (χ2v) is 3.70. The molecule has 0 saturated heterocycles. The number of hydrogen-bond donors (Lipinski definition) is 0. The molecule has 0 aliphatic heterocycles. The summed E-state index contributed by atoms with van der Waals surface area (Å²) in [6, 6.07) is -0.150. The molecule has 1 rings (SSSR count). The second kappa shape index (κ2) is 4.83. The largest absolute Gasteiger partial charge is 0.573 e. The van der Waals surface area contributed by atoms with E-state index in [-0.39, 0.29) is 6.07 Å². The number of ether oxygens (including phenoxy) is 1. The standard InChI is InChI=1S/C7HBrF6N2O3/c8-4-3(19-7(12,13)14)1-2(6(9,10)11)5(15-4)16(17)18/h1H. The van der Waals surface area contributed by atoms with Gasteiger partial charge in [0.05, 0.1) is 0 Å². The number of nitrogens with zero attached hydrogens (tertiary/aromatic N) is 2. The molecule has 0 N–H and O–H groups in total. The van der Waals surface area contributed by atoms with Gasteiger partial charge >= 0.3 is 18.4 Å². The van der Waals surface area contributed by atoms with Crippen LogP contribution in [0, 0.1) is 10.1 Å². The monoisotopic (exact) mass is 354 g/mol. The van der Waals surface area contributed by atoms with Gasteiger partial charge in [-0.05, 0) is 9.91 Å². The molecule has 0 saturated carbocycles. The van der Waals surface area contributed by atoms with Crippen LogP contribution in [0.1, 0.15) is 5.56 Å². The quantitative estimate of drug-likeness (QED) is 0.352. The number of aromatic nitrogens is 1. The van der Waals surface area contributed by atoms with Crippen LogP contribution < -0.4 is 4.74 Å². The summed E-state index contributed by atoms with van der Waals surface area (Å²) >= 11 is 2.36. The van der Waals surface area contributed by atoms with E-state index in [1.165, 1.54) is 0 Å². The van der Waals surface area contributed by atoms with Crippen molar-refractivity contribution >= 4 is 21.7 Å². The molecule has 0 aromatic carbocycles. The zero-order valence-corrected chi connectivity index (χ0v) is 9.93. The van der Waals surface area contributed by atoms with E-state index in [9.17, 15) is 36.5 Å². The molecule has 106 valence electrons. The lowest BCUT2D eigenvalue weighted by Crippen LogP contribution is -2.19. The van der Waals surface area contributed by atoms with E-state index >= 15 is 0 Å². The summed E-state index contributed by atoms with van der Waals surface area (Å²) in [5.74, 6) is -2.96. The van der Waals surface area contributed by atoms with Gasteiger partial charge in [0.15, 0.2) is 11.3 Å². The highest BCUT2D eigenvalue weighted by molar-refractivity contribution is 9.10. The Morgan fingerprint density at radius 2 is 1.79 bits per heavy atom. The summed E-state index contributed by atoms with van der Waals surface area (Å²) in [4.78, 5) is 11.7. The minimum atomic E-state index is -5.26. The van der Waals surface area contributed by atoms with Gasteiger partial charge in [-0.1, -0.05) is 0 Å². The molecular weight excluding hydrogens is 354 g/mol. The van der Waals surface area contributed by atoms with Crippen molar-refractivity contribution in [3.8, 4) is 5.75 Å². The van der Waals surface area contributed by atoms with Gasteiger partial charge in [-0.25, -0.2) is 0 Å². The summed E-state index contributed by atoms with van der Waals surface area (Å²) in [5.41, 5.74) is -1.94. The van der Waals surface area contributed by atoms with E-state index in [0.29, 0.717) is 0 Å². The molecule has 5 nitrogen and oxygen atoms in total. The molecule has 0 atom stereocenters. The van der Waals surface area contributed by atoms with E-state index in [4.69, 9.17) is 0 Å². The predicted octanol–water partition coefficient (Wildman–Crippen LogP) is 3.67. The van der Waals surface area contributed by atoms with E-state index in [1.807, 2.05) is 0 Å². The zero-order valence-electron chi connectivity index (χ0n) is 8.34. The number of nitro groups is 1. The van der Waals surface area contributed by atoms with E-state index in [0.717, 1.165) is 0 Å². The van der Waals surface area contributed by atoms with Crippen LogP contribution in [0.5, 0.6) is 5.75 Å². The van der Waals surface area contributed by atoms with Gasteiger partial charge < -0.3 is 14.9 Å². The summed E-state index contributed by atoms with van der Waals surface area (Å²) in [6.07, 6.45) is -10.5. The molecular formula is C7HBrF6N2O3. The van der Waals surface area contributed by atoms with Crippen molar-refractivity contribution in [1.82, 2.24) is 4.98 Å². The molecule has 0 spiro atoms. The molecule has 19 heavy (non-hydrogen) atoms. The lowest BCUT2D eigenvalue weighted by atomic mass is 10.2. The Morgan fingerprint density at radius 3 is 2.16 bits per heavy atom. The van der Waals surface area contributed by atoms with Crippen molar-refractivity contribution in [2.45, 2.75) is 12.5 Å². The Morgan fingerprint density at radius 1 is 1.26 bits per heavy atom. The fourth-order valence-corrected chi connectivity index (χ4v) is 1.37. The molecule has 1 aromatic rings. The van der Waals surface area contributed by atoms with E-state index < -0.39 is 39.2 Å². The number of pyridine rings is 1. The van der Waals surface area contributed by atoms with Crippen LogP contribution in [-0.4, -0.2) is 16.3 Å². The van der Waals surface area contributed by atoms with Crippen LogP contribution in [0.2, 0.25) is 0 Å². The fraction of sp³-hybridized carbons (Fsp3) is 0.286. The van der Waals surface area contributed by atoms with Crippen LogP contribution in [0.3, 0.4) is 0 Å². The zero-order chi connectivity index (χ0) is 15.0. The smallest absolute Gasteiger partial charge is 0.400 e. The first-order valence-corrected chi connectivity index (χ1v) is 4.89. The number of alkyl halides is 6. The molecule has 0 bridgehead atoms. The van der Waals surface area contributed by atoms with Crippen molar-refractivity contribution in [2.24, 2.45) is 0 Å². The summed E-state index contributed by atoms with van der Waals surface area (Å²) in [5, 5.41) is 10.4. The van der Waals surface area contributed by atoms with Crippen LogP contribution in [0.15, 0.2) is 10.7 Å². The van der Waals surface area contributed by atoms with Crippen molar-refractivity contribution in [2.75, 3.05) is 0 Å². The van der Waals surface area contributed by atoms with Crippen molar-refractivity contribution in [3.63, 3.8) is 0 Å². The Bertz CT molecular complexity index is 515. The molecule has 0 aliphatic rings. The third kappa shape index (κ3) is 3.94. The first kappa shape index (κ1) is 15.5. The maximum absolute atomic E-state index is 12.5. The second-order valence-electron chi connectivity index (χ2n) is 2.95. The Labute approximate surface area is 108 Å². The Balaban J connectivity index is 3.43. The van der Waals surface area contributed by atoms with Crippen LogP contribution in [0.4, 0.5) is 32.2 Å².